The molecule has 1 aliphatic heterocycles. The van der Waals surface area contributed by atoms with E-state index >= 15 is 0 Å². The van der Waals surface area contributed by atoms with Gasteiger partial charge in [0.25, 0.3) is 0 Å². The zero-order valence-electron chi connectivity index (χ0n) is 12.5. The molecule has 1 aliphatic carbocycles. The van der Waals surface area contributed by atoms with Crippen molar-refractivity contribution in [3.05, 3.63) is 43.2 Å². The number of carbonyl (C=O) groups is 1. The Labute approximate surface area is 141 Å². The van der Waals surface area contributed by atoms with E-state index in [1.165, 1.54) is 28.2 Å². The van der Waals surface area contributed by atoms with Crippen LogP contribution in [0.1, 0.15) is 32.4 Å². The fourth-order valence-electron chi connectivity index (χ4n) is 2.67. The maximum Gasteiger partial charge on any atom is 0.363 e. The van der Waals surface area contributed by atoms with Crippen molar-refractivity contribution in [3.63, 3.8) is 0 Å². The summed E-state index contributed by atoms with van der Waals surface area (Å²) in [6.07, 6.45) is 5.10. The van der Waals surface area contributed by atoms with Crippen LogP contribution in [0.4, 0.5) is 0 Å². The number of rotatable bonds is 4. The predicted octanol–water partition coefficient (Wildman–Crippen LogP) is 3.18. The summed E-state index contributed by atoms with van der Waals surface area (Å²) < 4.78 is 10.4. The Morgan fingerprint density at radius 1 is 1.43 bits per heavy atom. The van der Waals surface area contributed by atoms with Gasteiger partial charge >= 0.3 is 5.97 Å². The summed E-state index contributed by atoms with van der Waals surface area (Å²) in [7, 11) is 1.63. The molecule has 0 unspecified atom stereocenters. The second-order valence-corrected chi connectivity index (χ2v) is 7.43. The number of aromatic nitrogens is 1. The van der Waals surface area contributed by atoms with Crippen LogP contribution in [-0.2, 0) is 33.7 Å². The van der Waals surface area contributed by atoms with Gasteiger partial charge in [-0.05, 0) is 37.0 Å². The highest BCUT2D eigenvalue weighted by Gasteiger charge is 2.27. The number of hydrogen-bond donors (Lipinski definition) is 0. The Hall–Kier alpha value is -1.83. The lowest BCUT2D eigenvalue weighted by Gasteiger charge is -1.94. The average Bonchev–Trinajstić information content (AvgIpc) is 3.24. The molecule has 3 heterocycles. The quantitative estimate of drug-likeness (QED) is 0.630. The number of hydrogen-bond acceptors (Lipinski definition) is 7. The average molecular weight is 346 g/mol. The van der Waals surface area contributed by atoms with Crippen LogP contribution < -0.4 is 0 Å². The molecule has 0 spiro atoms. The number of cyclic esters (lactones) is 1. The van der Waals surface area contributed by atoms with Crippen LogP contribution in [0, 0.1) is 0 Å². The van der Waals surface area contributed by atoms with Gasteiger partial charge in [0.2, 0.25) is 5.90 Å². The van der Waals surface area contributed by atoms with Crippen molar-refractivity contribution in [2.45, 2.75) is 25.9 Å². The number of methoxy groups -OCH3 is 1. The van der Waals surface area contributed by atoms with Gasteiger partial charge in [-0.15, -0.1) is 22.7 Å². The fourth-order valence-corrected chi connectivity index (χ4v) is 4.57. The van der Waals surface area contributed by atoms with E-state index in [2.05, 4.69) is 16.0 Å². The third kappa shape index (κ3) is 2.87. The molecular formula is C16H14N2O3S2. The molecule has 4 rings (SSSR count). The van der Waals surface area contributed by atoms with Gasteiger partial charge in [0.05, 0.1) is 17.2 Å². The first kappa shape index (κ1) is 14.7. The number of esters is 1. The van der Waals surface area contributed by atoms with Gasteiger partial charge in [-0.3, -0.25) is 0 Å². The lowest BCUT2D eigenvalue weighted by Crippen LogP contribution is -2.03. The molecule has 0 atom stereocenters. The number of thiophene rings is 1. The van der Waals surface area contributed by atoms with Gasteiger partial charge in [-0.25, -0.2) is 14.8 Å². The minimum atomic E-state index is -0.421. The summed E-state index contributed by atoms with van der Waals surface area (Å²) in [5.41, 5.74) is 2.36. The molecule has 5 nitrogen and oxygen atoms in total. The Morgan fingerprint density at radius 3 is 3.17 bits per heavy atom. The minimum Gasteiger partial charge on any atom is -0.401 e. The molecule has 0 amide bonds. The first-order chi connectivity index (χ1) is 11.2. The highest BCUT2D eigenvalue weighted by atomic mass is 32.1. The summed E-state index contributed by atoms with van der Waals surface area (Å²) >= 11 is 3.17. The predicted molar refractivity (Wildman–Crippen MR) is 89.8 cm³/mol. The van der Waals surface area contributed by atoms with E-state index < -0.39 is 5.97 Å². The van der Waals surface area contributed by atoms with E-state index in [9.17, 15) is 4.79 Å². The van der Waals surface area contributed by atoms with Gasteiger partial charge < -0.3 is 9.47 Å². The number of aliphatic imine (C=N–C) groups is 1. The minimum absolute atomic E-state index is 0.294. The maximum absolute atomic E-state index is 12.0. The number of ether oxygens (including phenoxy) is 2. The van der Waals surface area contributed by atoms with Gasteiger partial charge in [0.1, 0.15) is 5.01 Å². The molecule has 2 aromatic rings. The van der Waals surface area contributed by atoms with Gasteiger partial charge in [-0.2, -0.15) is 0 Å². The molecule has 23 heavy (non-hydrogen) atoms. The highest BCUT2D eigenvalue weighted by molar-refractivity contribution is 7.14. The van der Waals surface area contributed by atoms with Crippen molar-refractivity contribution < 1.29 is 14.3 Å². The monoisotopic (exact) mass is 346 g/mol. The molecule has 0 saturated carbocycles. The van der Waals surface area contributed by atoms with E-state index in [-0.39, 0.29) is 0 Å². The number of aryl methyl sites for hydroxylation is 2. The van der Waals surface area contributed by atoms with Crippen LogP contribution in [0.3, 0.4) is 0 Å². The fraction of sp³-hybridized carbons (Fsp3) is 0.312. The van der Waals surface area contributed by atoms with E-state index in [1.54, 1.807) is 24.5 Å². The normalized spacial score (nSPS) is 18.4. The summed E-state index contributed by atoms with van der Waals surface area (Å²) in [5, 5.41) is 2.74. The summed E-state index contributed by atoms with van der Waals surface area (Å²) in [6, 6.07) is 2.10. The number of fused-ring (bicyclic) bond motifs is 1. The number of nitrogens with zero attached hydrogens (tertiary/aromatic N) is 2. The Balaban J connectivity index is 1.59. The van der Waals surface area contributed by atoms with Crippen LogP contribution in [0.25, 0.3) is 6.08 Å². The molecule has 0 radical (unpaired) electrons. The van der Waals surface area contributed by atoms with Crippen molar-refractivity contribution in [2.24, 2.45) is 4.99 Å². The molecule has 0 N–H and O–H groups in total. The zero-order chi connectivity index (χ0) is 15.8. The second kappa shape index (κ2) is 5.99. The Morgan fingerprint density at radius 2 is 2.35 bits per heavy atom. The molecule has 118 valence electrons. The summed E-state index contributed by atoms with van der Waals surface area (Å²) in [6.45, 7) is 0.466. The largest absolute Gasteiger partial charge is 0.401 e. The van der Waals surface area contributed by atoms with Crippen LogP contribution in [0.15, 0.2) is 22.1 Å². The number of thiazole rings is 1. The molecule has 0 fully saturated rings. The van der Waals surface area contributed by atoms with Gasteiger partial charge in [-0.1, -0.05) is 0 Å². The summed E-state index contributed by atoms with van der Waals surface area (Å²) in [4.78, 5) is 23.1. The molecule has 2 aliphatic rings. The molecular weight excluding hydrogens is 332 g/mol. The van der Waals surface area contributed by atoms with Gasteiger partial charge in [0.15, 0.2) is 5.70 Å². The molecule has 0 saturated heterocycles. The highest BCUT2D eigenvalue weighted by Crippen LogP contribution is 2.32. The van der Waals surface area contributed by atoms with Crippen molar-refractivity contribution in [1.29, 1.82) is 0 Å². The first-order valence-electron chi connectivity index (χ1n) is 7.31. The maximum atomic E-state index is 12.0. The lowest BCUT2D eigenvalue weighted by atomic mass is 10.2. The van der Waals surface area contributed by atoms with Crippen LogP contribution >= 0.6 is 22.7 Å². The third-order valence-electron chi connectivity index (χ3n) is 3.70. The Kier molecular flexibility index (Phi) is 3.84. The molecule has 0 aromatic carbocycles. The van der Waals surface area contributed by atoms with E-state index in [1.807, 2.05) is 5.38 Å². The van der Waals surface area contributed by atoms with E-state index in [4.69, 9.17) is 9.47 Å². The number of carbonyl (C=O) groups excluding carboxylic acids is 1. The SMILES string of the molecule is COCc1nc(C=C2N=C(c3cc4c(s3)CCC4)OC2=O)cs1. The standard InChI is InChI=1S/C16H14N2O3S2/c1-20-7-14-17-10(8-22-14)6-11-16(19)21-15(18-11)13-5-9-3-2-4-12(9)23-13/h5-6,8H,2-4,7H2,1H3. The van der Waals surface area contributed by atoms with Crippen molar-refractivity contribution >= 4 is 40.6 Å². The Bertz CT molecular complexity index is 811. The smallest absolute Gasteiger partial charge is 0.363 e. The van der Waals surface area contributed by atoms with E-state index in [0.29, 0.717) is 23.9 Å². The second-order valence-electron chi connectivity index (χ2n) is 5.35. The molecule has 0 bridgehead atoms. The van der Waals surface area contributed by atoms with Crippen molar-refractivity contribution in [2.75, 3.05) is 7.11 Å². The third-order valence-corrected chi connectivity index (χ3v) is 5.77. The van der Waals surface area contributed by atoms with Crippen molar-refractivity contribution in [3.8, 4) is 0 Å². The molecule has 7 heteroatoms. The molecule has 2 aromatic heterocycles. The first-order valence-corrected chi connectivity index (χ1v) is 9.00. The topological polar surface area (TPSA) is 60.8 Å². The van der Waals surface area contributed by atoms with E-state index in [0.717, 1.165) is 22.7 Å². The zero-order valence-corrected chi connectivity index (χ0v) is 14.1. The van der Waals surface area contributed by atoms with Crippen LogP contribution in [-0.4, -0.2) is 24.0 Å². The van der Waals surface area contributed by atoms with Crippen LogP contribution in [0.2, 0.25) is 0 Å². The van der Waals surface area contributed by atoms with Crippen molar-refractivity contribution in [1.82, 2.24) is 4.98 Å². The van der Waals surface area contributed by atoms with Gasteiger partial charge in [0, 0.05) is 17.4 Å². The lowest BCUT2D eigenvalue weighted by molar-refractivity contribution is -0.129. The summed E-state index contributed by atoms with van der Waals surface area (Å²) in [5.74, 6) is -0.0113. The van der Waals surface area contributed by atoms with Crippen LogP contribution in [0.5, 0.6) is 0 Å².